The number of anilines is 2. The normalized spacial score (nSPS) is 11.5. The lowest BCUT2D eigenvalue weighted by Crippen LogP contribution is -2.20. The summed E-state index contributed by atoms with van der Waals surface area (Å²) in [4.78, 5) is 11.7. The van der Waals surface area contributed by atoms with Gasteiger partial charge in [-0.05, 0) is 31.0 Å². The first-order chi connectivity index (χ1) is 7.45. The maximum atomic E-state index is 11.7. The summed E-state index contributed by atoms with van der Waals surface area (Å²) < 4.78 is 0.915. The van der Waals surface area contributed by atoms with E-state index in [0.717, 1.165) is 16.5 Å². The fraction of sp³-hybridized carbons (Fsp3) is 0.417. The molecular formula is C12H18BrClN2O. The van der Waals surface area contributed by atoms with Gasteiger partial charge in [-0.2, -0.15) is 0 Å². The van der Waals surface area contributed by atoms with Crippen molar-refractivity contribution in [1.29, 1.82) is 0 Å². The molecular weight excluding hydrogens is 304 g/mol. The van der Waals surface area contributed by atoms with Crippen LogP contribution in [0.25, 0.3) is 0 Å². The van der Waals surface area contributed by atoms with Crippen LogP contribution in [0.2, 0.25) is 0 Å². The van der Waals surface area contributed by atoms with Gasteiger partial charge in [-0.15, -0.1) is 12.4 Å². The molecule has 0 fully saturated rings. The third kappa shape index (κ3) is 4.21. The lowest BCUT2D eigenvalue weighted by Gasteiger charge is -2.13. The van der Waals surface area contributed by atoms with Gasteiger partial charge in [0.05, 0.1) is 11.4 Å². The lowest BCUT2D eigenvalue weighted by molar-refractivity contribution is -0.119. The van der Waals surface area contributed by atoms with E-state index in [0.29, 0.717) is 11.4 Å². The number of nitrogens with two attached hydrogens (primary N) is 1. The van der Waals surface area contributed by atoms with Gasteiger partial charge < -0.3 is 11.1 Å². The molecule has 17 heavy (non-hydrogen) atoms. The summed E-state index contributed by atoms with van der Waals surface area (Å²) in [6.07, 6.45) is 0.818. The minimum Gasteiger partial charge on any atom is -0.397 e. The summed E-state index contributed by atoms with van der Waals surface area (Å²) in [5, 5.41) is 2.85. The Morgan fingerprint density at radius 3 is 2.65 bits per heavy atom. The highest BCUT2D eigenvalue weighted by atomic mass is 79.9. The minimum atomic E-state index is -0.00122. The van der Waals surface area contributed by atoms with Crippen LogP contribution in [0.3, 0.4) is 0 Å². The maximum absolute atomic E-state index is 11.7. The van der Waals surface area contributed by atoms with Gasteiger partial charge in [0, 0.05) is 10.4 Å². The van der Waals surface area contributed by atoms with E-state index >= 15 is 0 Å². The Hall–Kier alpha value is -0.740. The second-order valence-electron chi connectivity index (χ2n) is 3.98. The quantitative estimate of drug-likeness (QED) is 0.833. The highest BCUT2D eigenvalue weighted by Crippen LogP contribution is 2.27. The Morgan fingerprint density at radius 1 is 1.53 bits per heavy atom. The van der Waals surface area contributed by atoms with Crippen molar-refractivity contribution in [2.24, 2.45) is 5.92 Å². The number of halogens is 2. The Balaban J connectivity index is 0.00000256. The third-order valence-corrected chi connectivity index (χ3v) is 3.13. The Kier molecular flexibility index (Phi) is 6.57. The van der Waals surface area contributed by atoms with Crippen LogP contribution in [0.5, 0.6) is 0 Å². The molecule has 0 bridgehead atoms. The molecule has 0 aromatic heterocycles. The summed E-state index contributed by atoms with van der Waals surface area (Å²) in [5.74, 6) is 0.00499. The first-order valence-corrected chi connectivity index (χ1v) is 6.11. The second kappa shape index (κ2) is 6.87. The van der Waals surface area contributed by atoms with E-state index in [2.05, 4.69) is 21.2 Å². The zero-order valence-electron chi connectivity index (χ0n) is 10.2. The molecule has 0 aliphatic heterocycles. The van der Waals surface area contributed by atoms with Gasteiger partial charge in [-0.1, -0.05) is 29.8 Å². The van der Waals surface area contributed by atoms with Gasteiger partial charge in [0.2, 0.25) is 5.91 Å². The van der Waals surface area contributed by atoms with E-state index in [1.54, 1.807) is 0 Å². The monoisotopic (exact) mass is 320 g/mol. The largest absolute Gasteiger partial charge is 0.397 e. The van der Waals surface area contributed by atoms with Crippen LogP contribution in [0.15, 0.2) is 16.6 Å². The molecule has 0 spiro atoms. The average Bonchev–Trinajstić information content (AvgIpc) is 2.23. The standard InChI is InChI=1S/C12H17BrN2O.ClH/c1-4-7(2)12(16)15-10-6-9(13)5-8(3)11(10)14;/h5-7H,4,14H2,1-3H3,(H,15,16);1H. The van der Waals surface area contributed by atoms with Gasteiger partial charge in [-0.25, -0.2) is 0 Å². The fourth-order valence-corrected chi connectivity index (χ4v) is 1.87. The molecule has 1 aromatic carbocycles. The number of nitrogen functional groups attached to an aromatic ring is 1. The Morgan fingerprint density at radius 2 is 2.12 bits per heavy atom. The number of aryl methyl sites for hydroxylation is 1. The highest BCUT2D eigenvalue weighted by molar-refractivity contribution is 9.10. The molecule has 5 heteroatoms. The van der Waals surface area contributed by atoms with Gasteiger partial charge in [0.1, 0.15) is 0 Å². The molecule has 3 N–H and O–H groups in total. The van der Waals surface area contributed by atoms with Crippen molar-refractivity contribution in [2.75, 3.05) is 11.1 Å². The van der Waals surface area contributed by atoms with Crippen LogP contribution < -0.4 is 11.1 Å². The molecule has 0 saturated carbocycles. The summed E-state index contributed by atoms with van der Waals surface area (Å²) in [7, 11) is 0. The first kappa shape index (κ1) is 16.3. The van der Waals surface area contributed by atoms with Crippen molar-refractivity contribution in [2.45, 2.75) is 27.2 Å². The van der Waals surface area contributed by atoms with Gasteiger partial charge in [0.25, 0.3) is 0 Å². The number of carbonyl (C=O) groups is 1. The molecule has 3 nitrogen and oxygen atoms in total. The van der Waals surface area contributed by atoms with Crippen molar-refractivity contribution < 1.29 is 4.79 Å². The predicted molar refractivity (Wildman–Crippen MR) is 78.6 cm³/mol. The summed E-state index contributed by atoms with van der Waals surface area (Å²) in [6.45, 7) is 5.80. The van der Waals surface area contributed by atoms with Crippen LogP contribution in [0.4, 0.5) is 11.4 Å². The molecule has 1 amide bonds. The summed E-state index contributed by atoms with van der Waals surface area (Å²) >= 11 is 3.38. The number of carbonyl (C=O) groups excluding carboxylic acids is 1. The van der Waals surface area contributed by atoms with Gasteiger partial charge in [0.15, 0.2) is 0 Å². The zero-order valence-corrected chi connectivity index (χ0v) is 12.6. The van der Waals surface area contributed by atoms with Gasteiger partial charge >= 0.3 is 0 Å². The number of nitrogens with one attached hydrogen (secondary N) is 1. The Labute approximate surface area is 117 Å². The van der Waals surface area contributed by atoms with Crippen LogP contribution >= 0.6 is 28.3 Å². The molecule has 96 valence electrons. The molecule has 1 unspecified atom stereocenters. The summed E-state index contributed by atoms with van der Waals surface area (Å²) in [6, 6.07) is 3.75. The molecule has 0 saturated heterocycles. The Bertz CT molecular complexity index is 410. The average molecular weight is 322 g/mol. The lowest BCUT2D eigenvalue weighted by atomic mass is 10.1. The van der Waals surface area contributed by atoms with E-state index in [1.807, 2.05) is 32.9 Å². The SMILES string of the molecule is CCC(C)C(=O)Nc1cc(Br)cc(C)c1N.Cl. The summed E-state index contributed by atoms with van der Waals surface area (Å²) in [5.41, 5.74) is 8.16. The van der Waals surface area contributed by atoms with E-state index in [-0.39, 0.29) is 24.2 Å². The van der Waals surface area contributed by atoms with E-state index in [4.69, 9.17) is 5.73 Å². The molecule has 0 heterocycles. The van der Waals surface area contributed by atoms with Crippen LogP contribution in [0, 0.1) is 12.8 Å². The first-order valence-electron chi connectivity index (χ1n) is 5.32. The van der Waals surface area contributed by atoms with Crippen LogP contribution in [0.1, 0.15) is 25.8 Å². The van der Waals surface area contributed by atoms with E-state index < -0.39 is 0 Å². The number of benzene rings is 1. The minimum absolute atomic E-state index is 0. The van der Waals surface area contributed by atoms with Crippen molar-refractivity contribution in [1.82, 2.24) is 0 Å². The van der Waals surface area contributed by atoms with E-state index in [9.17, 15) is 4.79 Å². The molecule has 0 radical (unpaired) electrons. The molecule has 1 atom stereocenters. The second-order valence-corrected chi connectivity index (χ2v) is 4.90. The number of hydrogen-bond donors (Lipinski definition) is 2. The number of rotatable bonds is 3. The third-order valence-electron chi connectivity index (χ3n) is 2.67. The number of hydrogen-bond acceptors (Lipinski definition) is 2. The van der Waals surface area contributed by atoms with Crippen molar-refractivity contribution in [3.8, 4) is 0 Å². The highest BCUT2D eigenvalue weighted by Gasteiger charge is 2.13. The molecule has 1 aromatic rings. The van der Waals surface area contributed by atoms with Crippen molar-refractivity contribution in [3.05, 3.63) is 22.2 Å². The van der Waals surface area contributed by atoms with E-state index in [1.165, 1.54) is 0 Å². The van der Waals surface area contributed by atoms with Crippen molar-refractivity contribution in [3.63, 3.8) is 0 Å². The van der Waals surface area contributed by atoms with Crippen LogP contribution in [-0.2, 0) is 4.79 Å². The molecule has 0 aliphatic rings. The van der Waals surface area contributed by atoms with Crippen molar-refractivity contribution >= 4 is 45.6 Å². The number of amides is 1. The fourth-order valence-electron chi connectivity index (χ4n) is 1.30. The molecule has 1 rings (SSSR count). The predicted octanol–water partition coefficient (Wildman–Crippen LogP) is 3.75. The topological polar surface area (TPSA) is 55.1 Å². The zero-order chi connectivity index (χ0) is 12.3. The van der Waals surface area contributed by atoms with Crippen LogP contribution in [-0.4, -0.2) is 5.91 Å². The molecule has 0 aliphatic carbocycles. The van der Waals surface area contributed by atoms with Gasteiger partial charge in [-0.3, -0.25) is 4.79 Å². The maximum Gasteiger partial charge on any atom is 0.227 e. The smallest absolute Gasteiger partial charge is 0.227 e.